The lowest BCUT2D eigenvalue weighted by molar-refractivity contribution is -0.115. The van der Waals surface area contributed by atoms with Crippen LogP contribution in [0.2, 0.25) is 0 Å². The molecule has 0 saturated carbocycles. The first-order valence-corrected chi connectivity index (χ1v) is 4.29. The van der Waals surface area contributed by atoms with Crippen molar-refractivity contribution in [2.24, 2.45) is 0 Å². The molecule has 4 heteroatoms. The van der Waals surface area contributed by atoms with Crippen molar-refractivity contribution in [3.63, 3.8) is 0 Å². The van der Waals surface area contributed by atoms with Crippen molar-refractivity contribution in [1.82, 2.24) is 0 Å². The van der Waals surface area contributed by atoms with E-state index in [0.717, 1.165) is 0 Å². The van der Waals surface area contributed by atoms with Gasteiger partial charge in [0, 0.05) is 5.57 Å². The van der Waals surface area contributed by atoms with E-state index in [2.05, 4.69) is 0 Å². The molecule has 0 aliphatic heterocycles. The number of hydrogen-bond acceptors (Lipinski definition) is 2. The number of aliphatic hydroxyl groups excluding tert-OH is 1. The Kier molecular flexibility index (Phi) is 2.94. The molecule has 0 aromatic rings. The van der Waals surface area contributed by atoms with Crippen LogP contribution in [0.3, 0.4) is 0 Å². The second-order valence-corrected chi connectivity index (χ2v) is 3.35. The highest BCUT2D eigenvalue weighted by molar-refractivity contribution is 6.42. The third-order valence-electron chi connectivity index (χ3n) is 1.64. The maximum Gasteiger partial charge on any atom is 0.184 e. The zero-order valence-corrected chi connectivity index (χ0v) is 7.93. The third-order valence-corrected chi connectivity index (χ3v) is 2.51. The Morgan fingerprint density at radius 1 is 1.58 bits per heavy atom. The van der Waals surface area contributed by atoms with E-state index in [9.17, 15) is 9.90 Å². The quantitative estimate of drug-likeness (QED) is 0.663. The van der Waals surface area contributed by atoms with E-state index in [4.69, 9.17) is 23.2 Å². The molecule has 1 N–H and O–H groups in total. The molecule has 0 radical (unpaired) electrons. The van der Waals surface area contributed by atoms with Gasteiger partial charge in [0.2, 0.25) is 0 Å². The molecule has 2 nitrogen and oxygen atoms in total. The van der Waals surface area contributed by atoms with Crippen LogP contribution in [0, 0.1) is 0 Å². The number of carbonyl (C=O) groups is 1. The molecule has 66 valence electrons. The predicted octanol–water partition coefficient (Wildman–Crippen LogP) is 1.61. The van der Waals surface area contributed by atoms with Crippen LogP contribution in [0.4, 0.5) is 0 Å². The monoisotopic (exact) mass is 206 g/mol. The van der Waals surface area contributed by atoms with E-state index < -0.39 is 11.5 Å². The van der Waals surface area contributed by atoms with E-state index in [-0.39, 0.29) is 10.8 Å². The molecule has 2 atom stereocenters. The first-order valence-electron chi connectivity index (χ1n) is 3.48. The van der Waals surface area contributed by atoms with Crippen LogP contribution in [0.5, 0.6) is 0 Å². The second-order valence-electron chi connectivity index (χ2n) is 2.47. The molecule has 0 aromatic carbocycles. The minimum absolute atomic E-state index is 0.137. The summed E-state index contributed by atoms with van der Waals surface area (Å²) >= 11 is 11.2. The van der Waals surface area contributed by atoms with E-state index >= 15 is 0 Å². The molecular weight excluding hydrogens is 199 g/mol. The topological polar surface area (TPSA) is 37.3 Å². The van der Waals surface area contributed by atoms with Gasteiger partial charge in [-0.25, -0.2) is 0 Å². The van der Waals surface area contributed by atoms with Gasteiger partial charge >= 0.3 is 0 Å². The number of alkyl halides is 1. The zero-order valence-electron chi connectivity index (χ0n) is 6.42. The summed E-state index contributed by atoms with van der Waals surface area (Å²) in [4.78, 5) is 11.2. The Bertz CT molecular complexity index is 268. The summed E-state index contributed by atoms with van der Waals surface area (Å²) in [5, 5.41) is 8.47. The molecule has 0 heterocycles. The maximum absolute atomic E-state index is 11.2. The Hall–Kier alpha value is -0.310. The highest BCUT2D eigenvalue weighted by atomic mass is 35.5. The van der Waals surface area contributed by atoms with Gasteiger partial charge in [-0.15, -0.1) is 11.6 Å². The smallest absolute Gasteiger partial charge is 0.184 e. The van der Waals surface area contributed by atoms with E-state index in [0.29, 0.717) is 5.57 Å². The van der Waals surface area contributed by atoms with Crippen molar-refractivity contribution < 1.29 is 9.90 Å². The van der Waals surface area contributed by atoms with Crippen molar-refractivity contribution in [2.45, 2.75) is 18.4 Å². The Labute approximate surface area is 80.5 Å². The fourth-order valence-electron chi connectivity index (χ4n) is 1.03. The molecule has 0 saturated heterocycles. The predicted molar refractivity (Wildman–Crippen MR) is 48.3 cm³/mol. The van der Waals surface area contributed by atoms with E-state index in [1.54, 1.807) is 19.1 Å². The van der Waals surface area contributed by atoms with Gasteiger partial charge < -0.3 is 5.11 Å². The first-order chi connectivity index (χ1) is 5.59. The summed E-state index contributed by atoms with van der Waals surface area (Å²) in [7, 11) is 0. The average Bonchev–Trinajstić information content (AvgIpc) is 2.23. The standard InChI is InChI=1S/C8H8Cl2O2/c1-2-3-4-5(9)8(12)6(10)7(4)11/h2-3,6,8,12H,1H3/b3-2+. The fourth-order valence-corrected chi connectivity index (χ4v) is 1.62. The van der Waals surface area contributed by atoms with E-state index in [1.165, 1.54) is 0 Å². The van der Waals surface area contributed by atoms with Crippen LogP contribution in [-0.4, -0.2) is 22.4 Å². The number of ketones is 1. The summed E-state index contributed by atoms with van der Waals surface area (Å²) in [6.07, 6.45) is 2.18. The van der Waals surface area contributed by atoms with Gasteiger partial charge in [-0.2, -0.15) is 0 Å². The summed E-state index contributed by atoms with van der Waals surface area (Å²) in [5.74, 6) is -0.313. The molecule has 0 aromatic heterocycles. The summed E-state index contributed by atoms with van der Waals surface area (Å²) in [6, 6.07) is 0. The molecule has 1 rings (SSSR count). The van der Waals surface area contributed by atoms with Gasteiger partial charge in [-0.3, -0.25) is 4.79 Å². The van der Waals surface area contributed by atoms with E-state index in [1.807, 2.05) is 0 Å². The number of halogens is 2. The van der Waals surface area contributed by atoms with Gasteiger partial charge in [-0.05, 0) is 6.92 Å². The highest BCUT2D eigenvalue weighted by Crippen LogP contribution is 2.30. The summed E-state index contributed by atoms with van der Waals surface area (Å²) in [6.45, 7) is 1.76. The van der Waals surface area contributed by atoms with Crippen LogP contribution in [-0.2, 0) is 4.79 Å². The Balaban J connectivity index is 3.04. The van der Waals surface area contributed by atoms with Crippen molar-refractivity contribution in [3.8, 4) is 0 Å². The maximum atomic E-state index is 11.2. The highest BCUT2D eigenvalue weighted by Gasteiger charge is 2.37. The molecule has 0 fully saturated rings. The largest absolute Gasteiger partial charge is 0.385 e. The second kappa shape index (κ2) is 3.60. The van der Waals surface area contributed by atoms with Gasteiger partial charge in [0.05, 0.1) is 5.03 Å². The van der Waals surface area contributed by atoms with Gasteiger partial charge in [-0.1, -0.05) is 23.8 Å². The number of allylic oxidation sites excluding steroid dienone is 3. The third kappa shape index (κ3) is 1.42. The lowest BCUT2D eigenvalue weighted by Crippen LogP contribution is -2.21. The van der Waals surface area contributed by atoms with Crippen molar-refractivity contribution in [3.05, 3.63) is 22.8 Å². The lowest BCUT2D eigenvalue weighted by Gasteiger charge is -2.03. The normalized spacial score (nSPS) is 30.8. The zero-order chi connectivity index (χ0) is 9.30. The first kappa shape index (κ1) is 9.78. The summed E-state index contributed by atoms with van der Waals surface area (Å²) in [5.41, 5.74) is 0.312. The van der Waals surface area contributed by atoms with Gasteiger partial charge in [0.15, 0.2) is 5.78 Å². The SMILES string of the molecule is C/C=C/C1=C(Cl)C(O)C(Cl)C1=O. The molecule has 12 heavy (non-hydrogen) atoms. The number of rotatable bonds is 1. The van der Waals surface area contributed by atoms with Crippen molar-refractivity contribution >= 4 is 29.0 Å². The van der Waals surface area contributed by atoms with Crippen molar-refractivity contribution in [2.75, 3.05) is 0 Å². The molecule has 2 unspecified atom stereocenters. The number of aliphatic hydroxyl groups is 1. The number of Topliss-reactive ketones (excluding diaryl/α,β-unsaturated/α-hetero) is 1. The number of hydrogen-bond donors (Lipinski definition) is 1. The fraction of sp³-hybridized carbons (Fsp3) is 0.375. The molecule has 1 aliphatic carbocycles. The minimum atomic E-state index is -1.05. The molecule has 0 amide bonds. The van der Waals surface area contributed by atoms with Gasteiger partial charge in [0.25, 0.3) is 0 Å². The van der Waals surface area contributed by atoms with Crippen LogP contribution >= 0.6 is 23.2 Å². The Morgan fingerprint density at radius 3 is 2.50 bits per heavy atom. The lowest BCUT2D eigenvalue weighted by atomic mass is 10.2. The van der Waals surface area contributed by atoms with Crippen LogP contribution in [0.15, 0.2) is 22.8 Å². The number of carbonyl (C=O) groups excluding carboxylic acids is 1. The van der Waals surface area contributed by atoms with Crippen molar-refractivity contribution in [1.29, 1.82) is 0 Å². The minimum Gasteiger partial charge on any atom is -0.385 e. The van der Waals surface area contributed by atoms with Crippen LogP contribution in [0.1, 0.15) is 6.92 Å². The van der Waals surface area contributed by atoms with Crippen LogP contribution in [0.25, 0.3) is 0 Å². The van der Waals surface area contributed by atoms with Crippen LogP contribution < -0.4 is 0 Å². The summed E-state index contributed by atoms with van der Waals surface area (Å²) < 4.78 is 0. The Morgan fingerprint density at radius 2 is 2.17 bits per heavy atom. The average molecular weight is 207 g/mol. The molecular formula is C8H8Cl2O2. The van der Waals surface area contributed by atoms with Gasteiger partial charge in [0.1, 0.15) is 11.5 Å². The molecule has 1 aliphatic rings. The molecule has 0 spiro atoms. The molecule has 0 bridgehead atoms.